The molecule has 2 aromatic rings. The van der Waals surface area contributed by atoms with E-state index in [0.717, 1.165) is 50.9 Å². The van der Waals surface area contributed by atoms with Crippen molar-refractivity contribution < 1.29 is 23.1 Å². The predicted molar refractivity (Wildman–Crippen MR) is 117 cm³/mol. The number of benzene rings is 2. The molecule has 4 rings (SSSR count). The number of hydrogen-bond donors (Lipinski definition) is 0. The molecule has 5 nitrogen and oxygen atoms in total. The zero-order valence-corrected chi connectivity index (χ0v) is 18.1. The van der Waals surface area contributed by atoms with Crippen LogP contribution in [0.25, 0.3) is 0 Å². The summed E-state index contributed by atoms with van der Waals surface area (Å²) in [7, 11) is 0. The molecule has 0 spiro atoms. The Bertz CT molecular complexity index is 958. The van der Waals surface area contributed by atoms with E-state index in [1.807, 2.05) is 4.90 Å². The average Bonchev–Trinajstić information content (AvgIpc) is 2.83. The molecule has 2 saturated heterocycles. The molecule has 2 aliphatic heterocycles. The van der Waals surface area contributed by atoms with Crippen molar-refractivity contribution in [2.24, 2.45) is 5.92 Å². The fourth-order valence-electron chi connectivity index (χ4n) is 4.41. The van der Waals surface area contributed by atoms with Gasteiger partial charge in [-0.15, -0.1) is 0 Å². The molecule has 2 amide bonds. The van der Waals surface area contributed by atoms with E-state index in [0.29, 0.717) is 31.0 Å². The van der Waals surface area contributed by atoms with Crippen LogP contribution in [-0.2, 0) is 0 Å². The maximum atomic E-state index is 14.0. The first-order valence-electron chi connectivity index (χ1n) is 11.3. The number of rotatable bonds is 5. The van der Waals surface area contributed by atoms with Crippen LogP contribution in [0.4, 0.5) is 8.78 Å². The molecular formula is C25H28F2N2O3. The molecule has 7 heteroatoms. The monoisotopic (exact) mass is 442 g/mol. The molecule has 2 heterocycles. The summed E-state index contributed by atoms with van der Waals surface area (Å²) >= 11 is 0. The zero-order chi connectivity index (χ0) is 22.5. The van der Waals surface area contributed by atoms with Crippen LogP contribution < -0.4 is 4.74 Å². The van der Waals surface area contributed by atoms with Gasteiger partial charge >= 0.3 is 0 Å². The first-order chi connectivity index (χ1) is 15.5. The number of amides is 2. The summed E-state index contributed by atoms with van der Waals surface area (Å²) in [4.78, 5) is 28.8. The molecule has 32 heavy (non-hydrogen) atoms. The maximum absolute atomic E-state index is 14.0. The van der Waals surface area contributed by atoms with Gasteiger partial charge in [0.15, 0.2) is 0 Å². The number of nitrogens with zero attached hydrogens (tertiary/aromatic N) is 2. The third kappa shape index (κ3) is 5.26. The fraction of sp³-hybridized carbons (Fsp3) is 0.440. The summed E-state index contributed by atoms with van der Waals surface area (Å²) in [6.07, 6.45) is 5.00. The van der Waals surface area contributed by atoms with Gasteiger partial charge in [0.05, 0.1) is 12.2 Å². The topological polar surface area (TPSA) is 49.9 Å². The summed E-state index contributed by atoms with van der Waals surface area (Å²) in [6, 6.07) is 10.2. The van der Waals surface area contributed by atoms with E-state index in [1.165, 1.54) is 12.5 Å². The largest absolute Gasteiger partial charge is 0.493 e. The highest BCUT2D eigenvalue weighted by Crippen LogP contribution is 2.22. The van der Waals surface area contributed by atoms with E-state index in [4.69, 9.17) is 4.74 Å². The van der Waals surface area contributed by atoms with Crippen LogP contribution in [0.5, 0.6) is 5.75 Å². The Kier molecular flexibility index (Phi) is 7.02. The first kappa shape index (κ1) is 22.2. The molecule has 0 saturated carbocycles. The summed E-state index contributed by atoms with van der Waals surface area (Å²) in [6.45, 7) is 3.06. The molecule has 0 aromatic heterocycles. The number of ether oxygens (including phenoxy) is 1. The number of carbonyl (C=O) groups is 2. The Morgan fingerprint density at radius 3 is 2.31 bits per heavy atom. The number of carbonyl (C=O) groups excluding carboxylic acids is 2. The van der Waals surface area contributed by atoms with Gasteiger partial charge in [-0.25, -0.2) is 8.78 Å². The average molecular weight is 443 g/mol. The van der Waals surface area contributed by atoms with E-state index in [-0.39, 0.29) is 17.4 Å². The molecule has 2 fully saturated rings. The molecular weight excluding hydrogens is 414 g/mol. The Hall–Kier alpha value is -2.96. The van der Waals surface area contributed by atoms with E-state index in [1.54, 1.807) is 29.2 Å². The van der Waals surface area contributed by atoms with E-state index < -0.39 is 17.5 Å². The minimum Gasteiger partial charge on any atom is -0.493 e. The molecule has 0 aliphatic carbocycles. The van der Waals surface area contributed by atoms with E-state index >= 15 is 0 Å². The summed E-state index contributed by atoms with van der Waals surface area (Å²) in [5, 5.41) is 0. The van der Waals surface area contributed by atoms with Gasteiger partial charge in [-0.3, -0.25) is 9.59 Å². The first-order valence-corrected chi connectivity index (χ1v) is 11.3. The number of hydrogen-bond acceptors (Lipinski definition) is 3. The Labute approximate surface area is 187 Å². The van der Waals surface area contributed by atoms with E-state index in [9.17, 15) is 18.4 Å². The molecule has 0 radical (unpaired) electrons. The highest BCUT2D eigenvalue weighted by Gasteiger charge is 2.27. The molecule has 1 atom stereocenters. The zero-order valence-electron chi connectivity index (χ0n) is 18.1. The summed E-state index contributed by atoms with van der Waals surface area (Å²) < 4.78 is 33.0. The van der Waals surface area contributed by atoms with Crippen molar-refractivity contribution in [2.45, 2.75) is 32.1 Å². The molecule has 0 unspecified atom stereocenters. The molecule has 0 bridgehead atoms. The second kappa shape index (κ2) is 10.1. The van der Waals surface area contributed by atoms with Crippen LogP contribution >= 0.6 is 0 Å². The van der Waals surface area contributed by atoms with Crippen molar-refractivity contribution in [1.29, 1.82) is 0 Å². The van der Waals surface area contributed by atoms with Gasteiger partial charge in [-0.2, -0.15) is 0 Å². The van der Waals surface area contributed by atoms with E-state index in [2.05, 4.69) is 0 Å². The normalized spacial score (nSPS) is 19.0. The van der Waals surface area contributed by atoms with Crippen LogP contribution in [0.15, 0.2) is 42.5 Å². The Morgan fingerprint density at radius 1 is 0.875 bits per heavy atom. The van der Waals surface area contributed by atoms with Gasteiger partial charge in [-0.05, 0) is 68.5 Å². The van der Waals surface area contributed by atoms with Crippen LogP contribution in [0.1, 0.15) is 52.8 Å². The van der Waals surface area contributed by atoms with Gasteiger partial charge in [0, 0.05) is 43.7 Å². The van der Waals surface area contributed by atoms with Crippen molar-refractivity contribution in [3.63, 3.8) is 0 Å². The van der Waals surface area contributed by atoms with Crippen LogP contribution in [0, 0.1) is 17.6 Å². The quantitative estimate of drug-likeness (QED) is 0.684. The second-order valence-electron chi connectivity index (χ2n) is 8.57. The standard InChI is InChI=1S/C25H28F2N2O3/c26-20-8-11-22(23(27)15-20)25(31)29-14-4-5-18(16-29)17-32-21-9-6-19(7-10-21)24(30)28-12-2-1-3-13-28/h6-11,15,18H,1-5,12-14,16-17H2/t18-/m1/s1. The van der Waals surface area contributed by atoms with Crippen molar-refractivity contribution in [3.05, 3.63) is 65.2 Å². The van der Waals surface area contributed by atoms with Gasteiger partial charge in [0.2, 0.25) is 0 Å². The molecule has 2 aromatic carbocycles. The highest BCUT2D eigenvalue weighted by atomic mass is 19.1. The van der Waals surface area contributed by atoms with Gasteiger partial charge in [0.25, 0.3) is 11.8 Å². The SMILES string of the molecule is O=C(c1ccc(OC[C@@H]2CCCN(C(=O)c3ccc(F)cc3F)C2)cc1)N1CCCCC1. The summed E-state index contributed by atoms with van der Waals surface area (Å²) in [5.41, 5.74) is 0.553. The molecule has 170 valence electrons. The lowest BCUT2D eigenvalue weighted by molar-refractivity contribution is 0.0628. The van der Waals surface area contributed by atoms with Crippen molar-refractivity contribution in [3.8, 4) is 5.75 Å². The lowest BCUT2D eigenvalue weighted by atomic mass is 9.98. The number of piperidine rings is 2. The smallest absolute Gasteiger partial charge is 0.256 e. The van der Waals surface area contributed by atoms with Gasteiger partial charge in [0.1, 0.15) is 17.4 Å². The van der Waals surface area contributed by atoms with Gasteiger partial charge < -0.3 is 14.5 Å². The third-order valence-corrected chi connectivity index (χ3v) is 6.20. The Morgan fingerprint density at radius 2 is 1.59 bits per heavy atom. The molecule has 0 N–H and O–H groups in total. The number of likely N-dealkylation sites (tertiary alicyclic amines) is 2. The number of halogens is 2. The fourth-order valence-corrected chi connectivity index (χ4v) is 4.41. The highest BCUT2D eigenvalue weighted by molar-refractivity contribution is 5.95. The lowest BCUT2D eigenvalue weighted by Crippen LogP contribution is -2.41. The lowest BCUT2D eigenvalue weighted by Gasteiger charge is -2.32. The Balaban J connectivity index is 1.30. The van der Waals surface area contributed by atoms with Crippen LogP contribution in [-0.4, -0.2) is 54.4 Å². The maximum Gasteiger partial charge on any atom is 0.256 e. The van der Waals surface area contributed by atoms with Gasteiger partial charge in [-0.1, -0.05) is 0 Å². The third-order valence-electron chi connectivity index (χ3n) is 6.20. The summed E-state index contributed by atoms with van der Waals surface area (Å²) in [5.74, 6) is -1.11. The van der Waals surface area contributed by atoms with Crippen LogP contribution in [0.2, 0.25) is 0 Å². The van der Waals surface area contributed by atoms with Crippen molar-refractivity contribution in [1.82, 2.24) is 9.80 Å². The minimum absolute atomic E-state index is 0.0608. The van der Waals surface area contributed by atoms with Crippen molar-refractivity contribution in [2.75, 3.05) is 32.8 Å². The minimum atomic E-state index is -0.840. The van der Waals surface area contributed by atoms with Crippen molar-refractivity contribution >= 4 is 11.8 Å². The predicted octanol–water partition coefficient (Wildman–Crippen LogP) is 4.52. The van der Waals surface area contributed by atoms with Crippen LogP contribution in [0.3, 0.4) is 0 Å². The second-order valence-corrected chi connectivity index (χ2v) is 8.57. The molecule has 2 aliphatic rings.